The van der Waals surface area contributed by atoms with Crippen molar-refractivity contribution in [2.24, 2.45) is 17.3 Å². The van der Waals surface area contributed by atoms with Crippen LogP contribution in [-0.2, 0) is 4.79 Å². The number of rotatable bonds is 2. The molecule has 1 aliphatic rings. The minimum absolute atomic E-state index is 0.0594. The Balaban J connectivity index is 2.68. The average Bonchev–Trinajstić information content (AvgIpc) is 2.35. The normalized spacial score (nSPS) is 34.1. The molecule has 2 unspecified atom stereocenters. The Morgan fingerprint density at radius 2 is 2.18 bits per heavy atom. The van der Waals surface area contributed by atoms with E-state index in [0.717, 1.165) is 0 Å². The molecule has 0 spiro atoms. The van der Waals surface area contributed by atoms with E-state index in [0.29, 0.717) is 0 Å². The standard InChI is InChI=1S/C8H11BrO2/c1-8(2)5(3-4-9)6(8)7(10)11/h3-6H,1-2H3,(H,10,11)/b4-3+. The van der Waals surface area contributed by atoms with Crippen LogP contribution in [0.4, 0.5) is 0 Å². The van der Waals surface area contributed by atoms with Crippen molar-refractivity contribution in [1.82, 2.24) is 0 Å². The van der Waals surface area contributed by atoms with Gasteiger partial charge in [-0.2, -0.15) is 0 Å². The van der Waals surface area contributed by atoms with Crippen LogP contribution >= 0.6 is 15.9 Å². The molecule has 1 aliphatic carbocycles. The molecule has 62 valence electrons. The van der Waals surface area contributed by atoms with Crippen molar-refractivity contribution in [2.75, 3.05) is 0 Å². The van der Waals surface area contributed by atoms with Crippen molar-refractivity contribution in [2.45, 2.75) is 13.8 Å². The van der Waals surface area contributed by atoms with E-state index < -0.39 is 5.97 Å². The van der Waals surface area contributed by atoms with Crippen LogP contribution in [0.3, 0.4) is 0 Å². The van der Waals surface area contributed by atoms with Gasteiger partial charge in [-0.3, -0.25) is 4.79 Å². The number of carboxylic acid groups (broad SMARTS) is 1. The molecular weight excluding hydrogens is 208 g/mol. The second-order valence-corrected chi connectivity index (χ2v) is 4.01. The van der Waals surface area contributed by atoms with Gasteiger partial charge in [0.2, 0.25) is 0 Å². The van der Waals surface area contributed by atoms with Gasteiger partial charge in [-0.25, -0.2) is 0 Å². The number of halogens is 1. The first-order chi connectivity index (χ1) is 5.01. The van der Waals surface area contributed by atoms with Crippen LogP contribution < -0.4 is 0 Å². The third-order valence-electron chi connectivity index (χ3n) is 2.46. The highest BCUT2D eigenvalue weighted by atomic mass is 79.9. The molecule has 0 heterocycles. The topological polar surface area (TPSA) is 37.3 Å². The fourth-order valence-electron chi connectivity index (χ4n) is 1.59. The summed E-state index contributed by atoms with van der Waals surface area (Å²) in [7, 11) is 0. The van der Waals surface area contributed by atoms with Crippen LogP contribution in [-0.4, -0.2) is 11.1 Å². The summed E-state index contributed by atoms with van der Waals surface area (Å²) in [5, 5.41) is 8.74. The lowest BCUT2D eigenvalue weighted by molar-refractivity contribution is -0.139. The number of allylic oxidation sites excluding steroid dienone is 1. The summed E-state index contributed by atoms with van der Waals surface area (Å²) >= 11 is 3.14. The number of carboxylic acids is 1. The number of hydrogen-bond acceptors (Lipinski definition) is 1. The number of hydrogen-bond donors (Lipinski definition) is 1. The van der Waals surface area contributed by atoms with Gasteiger partial charge >= 0.3 is 5.97 Å². The van der Waals surface area contributed by atoms with Gasteiger partial charge in [0.1, 0.15) is 0 Å². The van der Waals surface area contributed by atoms with Gasteiger partial charge in [0.05, 0.1) is 5.92 Å². The van der Waals surface area contributed by atoms with Crippen molar-refractivity contribution >= 4 is 21.9 Å². The maximum Gasteiger partial charge on any atom is 0.307 e. The molecule has 1 rings (SSSR count). The van der Waals surface area contributed by atoms with E-state index in [2.05, 4.69) is 15.9 Å². The van der Waals surface area contributed by atoms with E-state index in [9.17, 15) is 4.79 Å². The molecule has 0 aliphatic heterocycles. The van der Waals surface area contributed by atoms with Crippen LogP contribution in [0, 0.1) is 17.3 Å². The lowest BCUT2D eigenvalue weighted by Gasteiger charge is -1.95. The highest BCUT2D eigenvalue weighted by molar-refractivity contribution is 9.11. The molecular formula is C8H11BrO2. The van der Waals surface area contributed by atoms with Gasteiger partial charge in [0.25, 0.3) is 0 Å². The van der Waals surface area contributed by atoms with Crippen molar-refractivity contribution in [3.63, 3.8) is 0 Å². The van der Waals surface area contributed by atoms with Gasteiger partial charge in [-0.1, -0.05) is 35.9 Å². The first kappa shape index (κ1) is 8.78. The summed E-state index contributed by atoms with van der Waals surface area (Å²) in [5.41, 5.74) is -0.0594. The van der Waals surface area contributed by atoms with Crippen LogP contribution in [0.2, 0.25) is 0 Å². The first-order valence-electron chi connectivity index (χ1n) is 3.51. The molecule has 0 radical (unpaired) electrons. The summed E-state index contributed by atoms with van der Waals surface area (Å²) in [6.45, 7) is 3.95. The Hall–Kier alpha value is -0.310. The fourth-order valence-corrected chi connectivity index (χ4v) is 1.92. The molecule has 0 amide bonds. The fraction of sp³-hybridized carbons (Fsp3) is 0.625. The smallest absolute Gasteiger partial charge is 0.307 e. The molecule has 11 heavy (non-hydrogen) atoms. The van der Waals surface area contributed by atoms with Crippen LogP contribution in [0.1, 0.15) is 13.8 Å². The van der Waals surface area contributed by atoms with E-state index in [1.165, 1.54) is 0 Å². The Morgan fingerprint density at radius 3 is 2.45 bits per heavy atom. The van der Waals surface area contributed by atoms with Gasteiger partial charge < -0.3 is 5.11 Å². The Kier molecular flexibility index (Phi) is 2.10. The highest BCUT2D eigenvalue weighted by Gasteiger charge is 2.60. The maximum atomic E-state index is 10.6. The monoisotopic (exact) mass is 218 g/mol. The summed E-state index contributed by atoms with van der Waals surface area (Å²) in [5.74, 6) is -0.693. The summed E-state index contributed by atoms with van der Waals surface area (Å²) in [6.07, 6.45) is 1.90. The Bertz CT molecular complexity index is 208. The second-order valence-electron chi connectivity index (χ2n) is 3.48. The summed E-state index contributed by atoms with van der Waals surface area (Å²) in [6, 6.07) is 0. The Labute approximate surface area is 74.4 Å². The van der Waals surface area contributed by atoms with Crippen LogP contribution in [0.25, 0.3) is 0 Å². The lowest BCUT2D eigenvalue weighted by atomic mass is 10.1. The summed E-state index contributed by atoms with van der Waals surface area (Å²) in [4.78, 5) is 12.4. The van der Waals surface area contributed by atoms with E-state index in [1.54, 1.807) is 4.99 Å². The minimum atomic E-state index is -0.689. The molecule has 3 heteroatoms. The van der Waals surface area contributed by atoms with E-state index in [4.69, 9.17) is 5.11 Å². The largest absolute Gasteiger partial charge is 0.481 e. The minimum Gasteiger partial charge on any atom is -0.481 e. The molecule has 2 atom stereocenters. The predicted octanol–water partition coefficient (Wildman–Crippen LogP) is 2.25. The van der Waals surface area contributed by atoms with E-state index >= 15 is 0 Å². The molecule has 0 bridgehead atoms. The second kappa shape index (κ2) is 2.63. The predicted molar refractivity (Wildman–Crippen MR) is 46.5 cm³/mol. The zero-order valence-corrected chi connectivity index (χ0v) is 8.13. The number of carbonyl (C=O) groups is 1. The third-order valence-corrected chi connectivity index (χ3v) is 2.76. The maximum absolute atomic E-state index is 10.6. The molecule has 0 aromatic rings. The van der Waals surface area contributed by atoms with Crippen molar-refractivity contribution in [1.29, 1.82) is 0 Å². The first-order valence-corrected chi connectivity index (χ1v) is 4.43. The van der Waals surface area contributed by atoms with Gasteiger partial charge in [-0.05, 0) is 16.3 Å². The molecule has 1 N–H and O–H groups in total. The SMILES string of the molecule is CC1(C)C(/C=C/Br)C1C(=O)O. The third kappa shape index (κ3) is 1.34. The quantitative estimate of drug-likeness (QED) is 0.773. The zero-order chi connectivity index (χ0) is 8.65. The Morgan fingerprint density at radius 1 is 1.64 bits per heavy atom. The molecule has 2 nitrogen and oxygen atoms in total. The average molecular weight is 219 g/mol. The highest BCUT2D eigenvalue weighted by Crippen LogP contribution is 2.59. The molecule has 0 saturated heterocycles. The van der Waals surface area contributed by atoms with E-state index in [1.807, 2.05) is 19.9 Å². The number of aliphatic carboxylic acids is 1. The molecule has 1 saturated carbocycles. The van der Waals surface area contributed by atoms with Gasteiger partial charge in [0.15, 0.2) is 0 Å². The molecule has 0 aromatic carbocycles. The summed E-state index contributed by atoms with van der Waals surface area (Å²) < 4.78 is 0. The van der Waals surface area contributed by atoms with Crippen molar-refractivity contribution in [3.05, 3.63) is 11.1 Å². The van der Waals surface area contributed by atoms with Crippen LogP contribution in [0.5, 0.6) is 0 Å². The van der Waals surface area contributed by atoms with E-state index in [-0.39, 0.29) is 17.3 Å². The van der Waals surface area contributed by atoms with Gasteiger partial charge in [0, 0.05) is 0 Å². The van der Waals surface area contributed by atoms with Crippen LogP contribution in [0.15, 0.2) is 11.1 Å². The molecule has 1 fully saturated rings. The lowest BCUT2D eigenvalue weighted by Crippen LogP contribution is -2.02. The van der Waals surface area contributed by atoms with Crippen molar-refractivity contribution in [3.8, 4) is 0 Å². The molecule has 0 aromatic heterocycles. The van der Waals surface area contributed by atoms with Gasteiger partial charge in [-0.15, -0.1) is 0 Å². The van der Waals surface area contributed by atoms with Crippen molar-refractivity contribution < 1.29 is 9.90 Å². The zero-order valence-electron chi connectivity index (χ0n) is 6.54.